The predicted octanol–water partition coefficient (Wildman–Crippen LogP) is 4.01. The van der Waals surface area contributed by atoms with Crippen LogP contribution in [0.3, 0.4) is 0 Å². The van der Waals surface area contributed by atoms with Crippen LogP contribution in [-0.4, -0.2) is 38.7 Å². The monoisotopic (exact) mass is 421 g/mol. The third-order valence-corrected chi connectivity index (χ3v) is 4.91. The fraction of sp³-hybridized carbons (Fsp3) is 0.381. The van der Waals surface area contributed by atoms with Gasteiger partial charge in [-0.15, -0.1) is 0 Å². The van der Waals surface area contributed by atoms with Crippen LogP contribution in [0.2, 0.25) is 0 Å². The number of halogens is 3. The maximum atomic E-state index is 12.7. The lowest BCUT2D eigenvalue weighted by molar-refractivity contribution is -0.143. The largest absolute Gasteiger partial charge is 0.456 e. The number of Topliss-reactive ketones (excluding diaryl/α,β-unsaturated/α-hetero) is 1. The number of rotatable bonds is 7. The number of carbonyl (C=O) groups is 2. The number of esters is 1. The van der Waals surface area contributed by atoms with Gasteiger partial charge in [0.05, 0.1) is 11.0 Å². The Morgan fingerprint density at radius 2 is 1.83 bits per heavy atom. The molecule has 0 aliphatic carbocycles. The number of alkyl halides is 3. The maximum Gasteiger partial charge on any atom is 0.406 e. The molecule has 0 fully saturated rings. The number of fused-ring (bicyclic) bond motifs is 1. The molecule has 0 N–H and O–H groups in total. The summed E-state index contributed by atoms with van der Waals surface area (Å²) in [5.41, 5.74) is 2.17. The van der Waals surface area contributed by atoms with Crippen molar-refractivity contribution in [2.24, 2.45) is 0 Å². The summed E-state index contributed by atoms with van der Waals surface area (Å²) < 4.78 is 46.1. The molecular weight excluding hydrogens is 399 g/mol. The molecule has 0 radical (unpaired) electrons. The Morgan fingerprint density at radius 1 is 1.13 bits per heavy atom. The van der Waals surface area contributed by atoms with Crippen molar-refractivity contribution in [3.05, 3.63) is 53.1 Å². The first-order valence-electron chi connectivity index (χ1n) is 9.47. The van der Waals surface area contributed by atoms with E-state index in [1.807, 2.05) is 31.2 Å². The first-order valence-corrected chi connectivity index (χ1v) is 9.47. The van der Waals surface area contributed by atoms with E-state index in [2.05, 4.69) is 4.98 Å². The van der Waals surface area contributed by atoms with Crippen LogP contribution in [0.1, 0.15) is 34.5 Å². The van der Waals surface area contributed by atoms with Crippen LogP contribution < -0.4 is 0 Å². The summed E-state index contributed by atoms with van der Waals surface area (Å²) in [7, 11) is 0. The van der Waals surface area contributed by atoms with Crippen molar-refractivity contribution in [1.29, 1.82) is 0 Å². The third-order valence-electron chi connectivity index (χ3n) is 4.91. The van der Waals surface area contributed by atoms with Crippen LogP contribution >= 0.6 is 0 Å². The number of aryl methyl sites for hydroxylation is 2. The minimum absolute atomic E-state index is 0.107. The fourth-order valence-electron chi connectivity index (χ4n) is 3.48. The van der Waals surface area contributed by atoms with Crippen molar-refractivity contribution in [2.75, 3.05) is 6.61 Å². The van der Waals surface area contributed by atoms with Gasteiger partial charge in [0.1, 0.15) is 18.9 Å². The second-order valence-corrected chi connectivity index (χ2v) is 7.03. The quantitative estimate of drug-likeness (QED) is 0.427. The Bertz CT molecular complexity index is 1100. The first kappa shape index (κ1) is 21.6. The van der Waals surface area contributed by atoms with Gasteiger partial charge < -0.3 is 13.9 Å². The van der Waals surface area contributed by atoms with Crippen LogP contribution in [0, 0.1) is 13.8 Å². The summed E-state index contributed by atoms with van der Waals surface area (Å²) in [6.07, 6.45) is -3.78. The summed E-state index contributed by atoms with van der Waals surface area (Å²) >= 11 is 0. The van der Waals surface area contributed by atoms with E-state index in [0.29, 0.717) is 12.1 Å². The van der Waals surface area contributed by atoms with Crippen molar-refractivity contribution in [3.63, 3.8) is 0 Å². The Kier molecular flexibility index (Phi) is 6.00. The number of carbonyl (C=O) groups excluding carboxylic acids is 2. The number of ether oxygens (including phenoxy) is 1. The number of nitrogens with zero attached hydrogens (tertiary/aromatic N) is 3. The van der Waals surface area contributed by atoms with Crippen LogP contribution in [0.25, 0.3) is 11.0 Å². The van der Waals surface area contributed by atoms with Gasteiger partial charge in [0, 0.05) is 23.4 Å². The molecule has 9 heteroatoms. The number of imidazole rings is 1. The highest BCUT2D eigenvalue weighted by Gasteiger charge is 2.30. The predicted molar refractivity (Wildman–Crippen MR) is 104 cm³/mol. The van der Waals surface area contributed by atoms with E-state index in [-0.39, 0.29) is 17.8 Å². The van der Waals surface area contributed by atoms with Gasteiger partial charge in [-0.05, 0) is 32.0 Å². The number of hydrogen-bond acceptors (Lipinski definition) is 4. The molecule has 160 valence electrons. The molecule has 1 aromatic carbocycles. The zero-order valence-electron chi connectivity index (χ0n) is 16.9. The Balaban J connectivity index is 1.69. The minimum atomic E-state index is -4.40. The smallest absolute Gasteiger partial charge is 0.406 e. The molecule has 2 aromatic heterocycles. The highest BCUT2D eigenvalue weighted by molar-refractivity contribution is 5.99. The molecule has 6 nitrogen and oxygen atoms in total. The van der Waals surface area contributed by atoms with Crippen molar-refractivity contribution in [1.82, 2.24) is 14.1 Å². The first-order chi connectivity index (χ1) is 14.1. The Labute approximate surface area is 171 Å². The van der Waals surface area contributed by atoms with Gasteiger partial charge in [0.2, 0.25) is 5.78 Å². The zero-order valence-corrected chi connectivity index (χ0v) is 16.9. The third kappa shape index (κ3) is 4.55. The molecular formula is C21H22F3N3O3. The van der Waals surface area contributed by atoms with Gasteiger partial charge >= 0.3 is 12.1 Å². The number of para-hydroxylation sites is 2. The van der Waals surface area contributed by atoms with Crippen molar-refractivity contribution < 1.29 is 27.5 Å². The normalized spacial score (nSPS) is 11.8. The number of hydrogen-bond donors (Lipinski definition) is 0. The average Bonchev–Trinajstić information content (AvgIpc) is 3.17. The van der Waals surface area contributed by atoms with E-state index < -0.39 is 31.1 Å². The summed E-state index contributed by atoms with van der Waals surface area (Å²) in [5.74, 6) is -0.448. The van der Waals surface area contributed by atoms with E-state index in [1.165, 1.54) is 19.9 Å². The molecule has 0 amide bonds. The van der Waals surface area contributed by atoms with Gasteiger partial charge in [-0.1, -0.05) is 19.1 Å². The summed E-state index contributed by atoms with van der Waals surface area (Å²) in [6.45, 7) is 3.04. The fourth-order valence-corrected chi connectivity index (χ4v) is 3.48. The molecule has 30 heavy (non-hydrogen) atoms. The highest BCUT2D eigenvalue weighted by Crippen LogP contribution is 2.23. The van der Waals surface area contributed by atoms with Crippen molar-refractivity contribution in [3.8, 4) is 0 Å². The number of ketones is 1. The van der Waals surface area contributed by atoms with Crippen LogP contribution in [0.15, 0.2) is 30.3 Å². The zero-order chi connectivity index (χ0) is 22.1. The molecule has 0 bridgehead atoms. The standard InChI is InChI=1S/C21H22F3N3O3/c1-4-19-25-16-7-5-6-8-17(16)26(19)10-20(29)30-11-18(28)15-9-13(2)27(14(15)3)12-21(22,23)24/h5-9H,4,10-12H2,1-3H3. The number of aromatic nitrogens is 3. The molecule has 0 saturated heterocycles. The average molecular weight is 421 g/mol. The summed E-state index contributed by atoms with van der Waals surface area (Å²) in [6, 6.07) is 8.76. The number of benzene rings is 1. The van der Waals surface area contributed by atoms with Crippen molar-refractivity contribution >= 4 is 22.8 Å². The topological polar surface area (TPSA) is 66.1 Å². The lowest BCUT2D eigenvalue weighted by Crippen LogP contribution is -2.21. The van der Waals surface area contributed by atoms with E-state index >= 15 is 0 Å². The van der Waals surface area contributed by atoms with Gasteiger partial charge in [0.15, 0.2) is 6.61 Å². The molecule has 0 atom stereocenters. The second-order valence-electron chi connectivity index (χ2n) is 7.03. The van der Waals surface area contributed by atoms with Crippen LogP contribution in [0.4, 0.5) is 13.2 Å². The molecule has 2 heterocycles. The molecule has 0 saturated carbocycles. The molecule has 3 rings (SSSR count). The lowest BCUT2D eigenvalue weighted by atomic mass is 10.1. The van der Waals surface area contributed by atoms with E-state index in [0.717, 1.165) is 21.4 Å². The molecule has 0 aliphatic rings. The van der Waals surface area contributed by atoms with E-state index in [4.69, 9.17) is 4.74 Å². The lowest BCUT2D eigenvalue weighted by Gasteiger charge is -2.12. The minimum Gasteiger partial charge on any atom is -0.456 e. The summed E-state index contributed by atoms with van der Waals surface area (Å²) in [5, 5.41) is 0. The molecule has 3 aromatic rings. The van der Waals surface area contributed by atoms with Gasteiger partial charge in [-0.25, -0.2) is 4.98 Å². The van der Waals surface area contributed by atoms with Crippen LogP contribution in [0.5, 0.6) is 0 Å². The van der Waals surface area contributed by atoms with E-state index in [9.17, 15) is 22.8 Å². The van der Waals surface area contributed by atoms with Gasteiger partial charge in [-0.3, -0.25) is 9.59 Å². The highest BCUT2D eigenvalue weighted by atomic mass is 19.4. The molecule has 0 spiro atoms. The maximum absolute atomic E-state index is 12.7. The van der Waals surface area contributed by atoms with Gasteiger partial charge in [0.25, 0.3) is 0 Å². The van der Waals surface area contributed by atoms with Gasteiger partial charge in [-0.2, -0.15) is 13.2 Å². The van der Waals surface area contributed by atoms with E-state index in [1.54, 1.807) is 4.57 Å². The summed E-state index contributed by atoms with van der Waals surface area (Å²) in [4.78, 5) is 29.2. The van der Waals surface area contributed by atoms with Crippen molar-refractivity contribution in [2.45, 2.75) is 46.5 Å². The molecule has 0 aliphatic heterocycles. The SMILES string of the molecule is CCc1nc2ccccc2n1CC(=O)OCC(=O)c1cc(C)n(CC(F)(F)F)c1C. The Hall–Kier alpha value is -3.10. The van der Waals surface area contributed by atoms with Crippen LogP contribution in [-0.2, 0) is 29.0 Å². The molecule has 0 unspecified atom stereocenters. The Morgan fingerprint density at radius 3 is 2.50 bits per heavy atom. The second kappa shape index (κ2) is 8.33.